The average Bonchev–Trinajstić information content (AvgIpc) is 3.14. The Labute approximate surface area is 166 Å². The van der Waals surface area contributed by atoms with Crippen molar-refractivity contribution >= 4 is 60.4 Å². The second-order valence-electron chi connectivity index (χ2n) is 5.63. The van der Waals surface area contributed by atoms with E-state index in [9.17, 15) is 4.79 Å². The summed E-state index contributed by atoms with van der Waals surface area (Å²) in [4.78, 5) is 21.6. The second kappa shape index (κ2) is 6.83. The largest absolute Gasteiger partial charge is 0.295 e. The Morgan fingerprint density at radius 2 is 2.04 bits per heavy atom. The number of aromatic nitrogens is 3. The Bertz CT molecular complexity index is 1190. The van der Waals surface area contributed by atoms with Gasteiger partial charge in [-0.15, -0.1) is 0 Å². The van der Waals surface area contributed by atoms with Crippen LogP contribution in [0.2, 0.25) is 5.02 Å². The monoisotopic (exact) mass is 446 g/mol. The van der Waals surface area contributed by atoms with Crippen LogP contribution in [0, 0.1) is 6.92 Å². The van der Waals surface area contributed by atoms with Crippen molar-refractivity contribution in [1.82, 2.24) is 14.8 Å². The van der Waals surface area contributed by atoms with Gasteiger partial charge in [-0.05, 0) is 49.4 Å². The van der Waals surface area contributed by atoms with Gasteiger partial charge in [0.15, 0.2) is 0 Å². The van der Waals surface area contributed by atoms with E-state index in [2.05, 4.69) is 31.0 Å². The number of aryl methyl sites for hydroxylation is 1. The summed E-state index contributed by atoms with van der Waals surface area (Å²) in [6.45, 7) is 1.84. The number of fused-ring (bicyclic) bond motifs is 1. The van der Waals surface area contributed by atoms with Crippen LogP contribution in [-0.2, 0) is 0 Å². The van der Waals surface area contributed by atoms with Crippen LogP contribution in [0.15, 0.2) is 56.7 Å². The van der Waals surface area contributed by atoms with Crippen LogP contribution < -0.4 is 5.56 Å². The molecule has 1 N–H and O–H groups in total. The van der Waals surface area contributed by atoms with Crippen LogP contribution in [0.3, 0.4) is 0 Å². The van der Waals surface area contributed by atoms with Crippen molar-refractivity contribution in [2.75, 3.05) is 0 Å². The number of nitrogens with zero attached hydrogens (tertiary/aromatic N) is 3. The van der Waals surface area contributed by atoms with Crippen LogP contribution in [0.1, 0.15) is 11.3 Å². The third kappa shape index (κ3) is 3.25. The maximum atomic E-state index is 12.7. The summed E-state index contributed by atoms with van der Waals surface area (Å²) in [5.41, 5.74) is 2.66. The zero-order chi connectivity index (χ0) is 18.3. The molecular weight excluding hydrogens is 436 g/mol. The number of benzene rings is 2. The highest BCUT2D eigenvalue weighted by Gasteiger charge is 2.11. The molecule has 26 heavy (non-hydrogen) atoms. The first kappa shape index (κ1) is 17.2. The van der Waals surface area contributed by atoms with Gasteiger partial charge < -0.3 is 0 Å². The topological polar surface area (TPSA) is 63.0 Å². The fraction of sp³-hybridized carbons (Fsp3) is 0.0556. The third-order valence-electron chi connectivity index (χ3n) is 3.85. The summed E-state index contributed by atoms with van der Waals surface area (Å²) < 4.78 is 3.51. The number of thiazole rings is 1. The zero-order valence-corrected chi connectivity index (χ0v) is 16.7. The molecule has 8 heteroatoms. The second-order valence-corrected chi connectivity index (χ2v) is 8.00. The van der Waals surface area contributed by atoms with E-state index in [-0.39, 0.29) is 5.56 Å². The van der Waals surface area contributed by atoms with E-state index in [4.69, 9.17) is 11.6 Å². The molecular formula is C18H12BrClN4OS. The molecule has 4 aromatic rings. The minimum Gasteiger partial charge on any atom is -0.295 e. The van der Waals surface area contributed by atoms with Crippen molar-refractivity contribution in [3.8, 4) is 5.69 Å². The summed E-state index contributed by atoms with van der Waals surface area (Å²) in [5.74, 6) is 0. The third-order valence-corrected chi connectivity index (χ3v) is 5.52. The summed E-state index contributed by atoms with van der Waals surface area (Å²) in [6, 6.07) is 12.9. The zero-order valence-electron chi connectivity index (χ0n) is 13.5. The van der Waals surface area contributed by atoms with Crippen LogP contribution in [0.5, 0.6) is 0 Å². The summed E-state index contributed by atoms with van der Waals surface area (Å²) in [5, 5.41) is 4.29. The summed E-state index contributed by atoms with van der Waals surface area (Å²) in [7, 11) is 0. The molecule has 0 aliphatic carbocycles. The molecule has 2 aromatic heterocycles. The Morgan fingerprint density at radius 1 is 1.27 bits per heavy atom. The van der Waals surface area contributed by atoms with Gasteiger partial charge in [0.25, 0.3) is 5.56 Å². The standard InChI is InChI=1S/C18H12BrClN4OS/c1-10-14(17(25)24(23-10)13-5-3-12(20)4-6-13)9-21-18-22-15-7-2-11(19)8-16(15)26-18/h2-9,23H,1H3/b21-9+. The average molecular weight is 448 g/mol. The number of halogens is 2. The molecule has 5 nitrogen and oxygen atoms in total. The molecule has 0 fully saturated rings. The van der Waals surface area contributed by atoms with E-state index < -0.39 is 0 Å². The highest BCUT2D eigenvalue weighted by Crippen LogP contribution is 2.30. The molecule has 0 atom stereocenters. The molecule has 0 radical (unpaired) electrons. The maximum absolute atomic E-state index is 12.7. The molecule has 130 valence electrons. The Kier molecular flexibility index (Phi) is 4.52. The molecule has 0 aliphatic rings. The van der Waals surface area contributed by atoms with Crippen molar-refractivity contribution in [3.63, 3.8) is 0 Å². The SMILES string of the molecule is Cc1[nH]n(-c2ccc(Cl)cc2)c(=O)c1/C=N/c1nc2ccc(Br)cc2s1. The molecule has 0 saturated heterocycles. The fourth-order valence-electron chi connectivity index (χ4n) is 2.54. The van der Waals surface area contributed by atoms with Crippen LogP contribution >= 0.6 is 38.9 Å². The number of aromatic amines is 1. The Hall–Kier alpha value is -2.22. The van der Waals surface area contributed by atoms with Gasteiger partial charge in [0, 0.05) is 21.4 Å². The minimum atomic E-state index is -0.169. The van der Waals surface area contributed by atoms with Gasteiger partial charge in [-0.2, -0.15) is 0 Å². The minimum absolute atomic E-state index is 0.169. The van der Waals surface area contributed by atoms with Gasteiger partial charge in [-0.1, -0.05) is 38.9 Å². The molecule has 0 bridgehead atoms. The number of hydrogen-bond donors (Lipinski definition) is 1. The van der Waals surface area contributed by atoms with E-state index in [1.165, 1.54) is 16.0 Å². The van der Waals surface area contributed by atoms with Crippen LogP contribution in [-0.4, -0.2) is 21.0 Å². The number of nitrogens with one attached hydrogen (secondary N) is 1. The van der Waals surface area contributed by atoms with Crippen LogP contribution in [0.25, 0.3) is 15.9 Å². The predicted octanol–water partition coefficient (Wildman–Crippen LogP) is 5.25. The molecule has 0 unspecified atom stereocenters. The molecule has 0 saturated carbocycles. The van der Waals surface area contributed by atoms with Crippen molar-refractivity contribution in [3.05, 3.63) is 73.6 Å². The van der Waals surface area contributed by atoms with E-state index in [1.54, 1.807) is 30.5 Å². The Balaban J connectivity index is 1.70. The number of rotatable bonds is 3. The quantitative estimate of drug-likeness (QED) is 0.436. The lowest BCUT2D eigenvalue weighted by Gasteiger charge is -2.00. The lowest BCUT2D eigenvalue weighted by atomic mass is 10.3. The smallest absolute Gasteiger partial charge is 0.280 e. The lowest BCUT2D eigenvalue weighted by Crippen LogP contribution is -2.17. The highest BCUT2D eigenvalue weighted by atomic mass is 79.9. The van der Waals surface area contributed by atoms with Crippen molar-refractivity contribution in [2.45, 2.75) is 6.92 Å². The van der Waals surface area contributed by atoms with Gasteiger partial charge in [0.1, 0.15) is 0 Å². The first-order valence-electron chi connectivity index (χ1n) is 7.69. The van der Waals surface area contributed by atoms with E-state index >= 15 is 0 Å². The fourth-order valence-corrected chi connectivity index (χ4v) is 4.03. The summed E-state index contributed by atoms with van der Waals surface area (Å²) >= 11 is 10.8. The predicted molar refractivity (Wildman–Crippen MR) is 111 cm³/mol. The van der Waals surface area contributed by atoms with Crippen molar-refractivity contribution in [2.24, 2.45) is 4.99 Å². The molecule has 0 aliphatic heterocycles. The molecule has 0 amide bonds. The first-order chi connectivity index (χ1) is 12.5. The maximum Gasteiger partial charge on any atom is 0.280 e. The molecule has 4 rings (SSSR count). The first-order valence-corrected chi connectivity index (χ1v) is 9.68. The number of hydrogen-bond acceptors (Lipinski definition) is 4. The number of H-pyrrole nitrogens is 1. The molecule has 0 spiro atoms. The van der Waals surface area contributed by atoms with E-state index in [0.717, 1.165) is 20.4 Å². The lowest BCUT2D eigenvalue weighted by molar-refractivity contribution is 0.835. The van der Waals surface area contributed by atoms with Crippen molar-refractivity contribution in [1.29, 1.82) is 0 Å². The van der Waals surface area contributed by atoms with Gasteiger partial charge in [0.05, 0.1) is 21.5 Å². The van der Waals surface area contributed by atoms with Crippen LogP contribution in [0.4, 0.5) is 5.13 Å². The van der Waals surface area contributed by atoms with E-state index in [1.807, 2.05) is 25.1 Å². The van der Waals surface area contributed by atoms with Gasteiger partial charge in [-0.3, -0.25) is 9.89 Å². The van der Waals surface area contributed by atoms with Gasteiger partial charge in [0.2, 0.25) is 5.13 Å². The summed E-state index contributed by atoms with van der Waals surface area (Å²) in [6.07, 6.45) is 1.56. The van der Waals surface area contributed by atoms with Crippen molar-refractivity contribution < 1.29 is 0 Å². The Morgan fingerprint density at radius 3 is 2.81 bits per heavy atom. The van der Waals surface area contributed by atoms with Gasteiger partial charge in [-0.25, -0.2) is 14.7 Å². The molecule has 2 heterocycles. The molecule has 2 aromatic carbocycles. The highest BCUT2D eigenvalue weighted by molar-refractivity contribution is 9.10. The van der Waals surface area contributed by atoms with E-state index in [0.29, 0.717) is 21.4 Å². The number of aliphatic imine (C=N–C) groups is 1. The van der Waals surface area contributed by atoms with Gasteiger partial charge >= 0.3 is 0 Å². The normalized spacial score (nSPS) is 11.7.